The minimum Gasteiger partial charge on any atom is -0.453 e. The minimum atomic E-state index is -0.911. The first-order valence-corrected chi connectivity index (χ1v) is 15.3. The Kier molecular flexibility index (Phi) is 8.99. The topological polar surface area (TPSA) is 142 Å². The summed E-state index contributed by atoms with van der Waals surface area (Å²) in [5.74, 6) is -2.28. The number of rotatable bonds is 4. The lowest BCUT2D eigenvalue weighted by Gasteiger charge is -2.33. The lowest BCUT2D eigenvalue weighted by molar-refractivity contribution is -0.129. The summed E-state index contributed by atoms with van der Waals surface area (Å²) in [5, 5.41) is 5.39. The maximum absolute atomic E-state index is 14.9. The number of carbonyl (C=O) groups is 3. The monoisotopic (exact) mass is 661 g/mol. The van der Waals surface area contributed by atoms with Crippen molar-refractivity contribution in [2.75, 3.05) is 24.3 Å². The number of aromatic amines is 1. The van der Waals surface area contributed by atoms with Gasteiger partial charge < -0.3 is 19.9 Å². The molecule has 11 nitrogen and oxygen atoms in total. The molecule has 4 aromatic rings. The molecule has 0 spiro atoms. The van der Waals surface area contributed by atoms with Gasteiger partial charge in [-0.1, -0.05) is 24.9 Å². The lowest BCUT2D eigenvalue weighted by Crippen LogP contribution is -2.38. The van der Waals surface area contributed by atoms with Gasteiger partial charge in [-0.15, -0.1) is 0 Å². The van der Waals surface area contributed by atoms with Crippen LogP contribution in [0, 0.1) is 17.6 Å². The maximum atomic E-state index is 14.9. The van der Waals surface area contributed by atoms with Crippen LogP contribution in [0.2, 0.25) is 5.02 Å². The molecule has 0 saturated heterocycles. The largest absolute Gasteiger partial charge is 0.453 e. The molecule has 2 atom stereocenters. The van der Waals surface area contributed by atoms with E-state index in [0.717, 1.165) is 12.1 Å². The van der Waals surface area contributed by atoms with Crippen LogP contribution in [0.3, 0.4) is 0 Å². The fourth-order valence-electron chi connectivity index (χ4n) is 5.91. The Morgan fingerprint density at radius 3 is 2.66 bits per heavy atom. The van der Waals surface area contributed by atoms with Gasteiger partial charge in [0.25, 0.3) is 0 Å². The van der Waals surface area contributed by atoms with Crippen molar-refractivity contribution in [2.45, 2.75) is 38.6 Å². The van der Waals surface area contributed by atoms with Gasteiger partial charge in [-0.2, -0.15) is 0 Å². The van der Waals surface area contributed by atoms with Crippen molar-refractivity contribution in [1.82, 2.24) is 24.8 Å². The first-order chi connectivity index (χ1) is 22.6. The summed E-state index contributed by atoms with van der Waals surface area (Å²) in [6.45, 7) is 1.98. The van der Waals surface area contributed by atoms with Crippen LogP contribution in [0.4, 0.5) is 25.0 Å². The third kappa shape index (κ3) is 6.43. The highest BCUT2D eigenvalue weighted by Gasteiger charge is 2.33. The summed E-state index contributed by atoms with van der Waals surface area (Å²) in [4.78, 5) is 57.3. The van der Waals surface area contributed by atoms with Crippen molar-refractivity contribution in [1.29, 1.82) is 0 Å². The second kappa shape index (κ2) is 13.3. The van der Waals surface area contributed by atoms with Gasteiger partial charge in [-0.3, -0.25) is 14.9 Å². The average molecular weight is 662 g/mol. The van der Waals surface area contributed by atoms with Crippen LogP contribution in [0.1, 0.15) is 50.0 Å². The van der Waals surface area contributed by atoms with Gasteiger partial charge in [0.2, 0.25) is 11.8 Å². The molecule has 6 rings (SSSR count). The van der Waals surface area contributed by atoms with Crippen molar-refractivity contribution in [3.05, 3.63) is 83.2 Å². The highest BCUT2D eigenvalue weighted by Crippen LogP contribution is 2.40. The van der Waals surface area contributed by atoms with E-state index >= 15 is 0 Å². The number of benzene rings is 2. The van der Waals surface area contributed by atoms with E-state index in [1.807, 2.05) is 6.92 Å². The fourth-order valence-corrected chi connectivity index (χ4v) is 6.07. The number of imidazole rings is 1. The number of methoxy groups -OCH3 is 1. The molecule has 2 aliphatic heterocycles. The maximum Gasteiger partial charge on any atom is 0.411 e. The van der Waals surface area contributed by atoms with Gasteiger partial charge >= 0.3 is 6.09 Å². The number of carbonyl (C=O) groups excluding carboxylic acids is 3. The highest BCUT2D eigenvalue weighted by atomic mass is 35.5. The van der Waals surface area contributed by atoms with Crippen molar-refractivity contribution in [3.8, 4) is 22.5 Å². The van der Waals surface area contributed by atoms with E-state index in [1.54, 1.807) is 35.5 Å². The quantitative estimate of drug-likeness (QED) is 0.205. The second-order valence-corrected chi connectivity index (χ2v) is 11.8. The Bertz CT molecular complexity index is 1900. The summed E-state index contributed by atoms with van der Waals surface area (Å²) in [5.41, 5.74) is 2.86. The lowest BCUT2D eigenvalue weighted by atomic mass is 9.95. The summed E-state index contributed by atoms with van der Waals surface area (Å²) in [6, 6.07) is 6.66. The number of halogens is 3. The third-order valence-corrected chi connectivity index (χ3v) is 8.65. The van der Waals surface area contributed by atoms with Gasteiger partial charge in [0.05, 0.1) is 40.8 Å². The first-order valence-electron chi connectivity index (χ1n) is 14.9. The minimum absolute atomic E-state index is 0.162. The second-order valence-electron chi connectivity index (χ2n) is 11.4. The molecule has 2 aromatic heterocycles. The molecule has 47 heavy (non-hydrogen) atoms. The van der Waals surface area contributed by atoms with Crippen LogP contribution < -0.4 is 10.6 Å². The molecule has 0 aliphatic carbocycles. The summed E-state index contributed by atoms with van der Waals surface area (Å²) in [6.07, 6.45) is 6.88. The molecule has 0 saturated carbocycles. The van der Waals surface area contributed by atoms with Crippen molar-refractivity contribution in [3.63, 3.8) is 0 Å². The normalized spacial score (nSPS) is 18.3. The van der Waals surface area contributed by atoms with Crippen LogP contribution in [-0.2, 0) is 14.3 Å². The van der Waals surface area contributed by atoms with E-state index < -0.39 is 29.7 Å². The number of H-pyrrole nitrogens is 1. The standard InChI is InChI=1S/C33H30ClF2N7O4/c1-17-4-3-5-25(43-11-10-18(12-26(43)44)27-23(35)9-8-22(34)28(27)36)31-41-29(19-14-37-16-38-15-19)30(42-31)21-7-6-20(39-33(46)47-2)13-24(21)40-32(17)45/h6-9,12-17,25H,3-5,10-11H2,1-2H3,(H,39,46)(H,40,45)(H,41,42). The number of fused-ring (bicyclic) bond motifs is 4. The molecule has 2 aliphatic rings. The predicted molar refractivity (Wildman–Crippen MR) is 171 cm³/mol. The number of hydrogen-bond acceptors (Lipinski definition) is 7. The zero-order valence-electron chi connectivity index (χ0n) is 25.4. The van der Waals surface area contributed by atoms with Gasteiger partial charge in [-0.25, -0.2) is 28.5 Å². The Hall–Kier alpha value is -5.17. The molecular weight excluding hydrogens is 632 g/mol. The summed E-state index contributed by atoms with van der Waals surface area (Å²) < 4.78 is 34.3. The zero-order chi connectivity index (χ0) is 33.2. The molecule has 2 bridgehead atoms. The van der Waals surface area contributed by atoms with E-state index in [-0.39, 0.29) is 40.9 Å². The number of anilines is 2. The van der Waals surface area contributed by atoms with E-state index in [2.05, 4.69) is 25.6 Å². The van der Waals surface area contributed by atoms with Crippen LogP contribution in [0.25, 0.3) is 28.1 Å². The van der Waals surface area contributed by atoms with Crippen LogP contribution in [-0.4, -0.2) is 56.4 Å². The molecule has 3 amide bonds. The number of hydrogen-bond donors (Lipinski definition) is 3. The Labute approximate surface area is 273 Å². The molecule has 3 N–H and O–H groups in total. The summed E-state index contributed by atoms with van der Waals surface area (Å²) >= 11 is 5.93. The van der Waals surface area contributed by atoms with Gasteiger partial charge in [-0.05, 0) is 55.2 Å². The number of nitrogens with one attached hydrogen (secondary N) is 3. The van der Waals surface area contributed by atoms with Crippen molar-refractivity contribution >= 4 is 46.5 Å². The number of amides is 3. The highest BCUT2D eigenvalue weighted by molar-refractivity contribution is 6.31. The smallest absolute Gasteiger partial charge is 0.411 e. The number of ether oxygens (including phenoxy) is 1. The average Bonchev–Trinajstić information content (AvgIpc) is 3.50. The molecule has 14 heteroatoms. The Morgan fingerprint density at radius 2 is 1.91 bits per heavy atom. The predicted octanol–water partition coefficient (Wildman–Crippen LogP) is 6.76. The van der Waals surface area contributed by atoms with E-state index in [4.69, 9.17) is 21.3 Å². The van der Waals surface area contributed by atoms with Gasteiger partial charge in [0.15, 0.2) is 5.82 Å². The van der Waals surface area contributed by atoms with E-state index in [0.29, 0.717) is 59.0 Å². The molecular formula is C33H30ClF2N7O4. The molecule has 2 aromatic carbocycles. The van der Waals surface area contributed by atoms with Crippen molar-refractivity contribution < 1.29 is 27.9 Å². The molecule has 0 radical (unpaired) electrons. The molecule has 2 unspecified atom stereocenters. The van der Waals surface area contributed by atoms with E-state index in [9.17, 15) is 23.2 Å². The van der Waals surface area contributed by atoms with Gasteiger partial charge in [0, 0.05) is 47.7 Å². The van der Waals surface area contributed by atoms with Crippen molar-refractivity contribution in [2.24, 2.45) is 5.92 Å². The van der Waals surface area contributed by atoms with Gasteiger partial charge in [0.1, 0.15) is 18.0 Å². The molecule has 0 fully saturated rings. The van der Waals surface area contributed by atoms with Crippen LogP contribution >= 0.6 is 11.6 Å². The fraction of sp³-hybridized carbons (Fsp3) is 0.273. The number of nitrogens with zero attached hydrogens (tertiary/aromatic N) is 4. The Morgan fingerprint density at radius 1 is 1.13 bits per heavy atom. The summed E-state index contributed by atoms with van der Waals surface area (Å²) in [7, 11) is 1.25. The first kappa shape index (κ1) is 31.8. The van der Waals surface area contributed by atoms with Crippen LogP contribution in [0.5, 0.6) is 0 Å². The molecule has 242 valence electrons. The number of aromatic nitrogens is 4. The zero-order valence-corrected chi connectivity index (χ0v) is 26.2. The van der Waals surface area contributed by atoms with E-state index in [1.165, 1.54) is 19.5 Å². The third-order valence-electron chi connectivity index (χ3n) is 8.36. The SMILES string of the molecule is COC(=O)Nc1ccc2c(c1)NC(=O)C(C)CCCC(N1CCC(c3c(F)ccc(Cl)c3F)=CC1=O)c1nc(-c3cncnc3)c-2[nH]1. The van der Waals surface area contributed by atoms with Crippen LogP contribution in [0.15, 0.2) is 55.1 Å². The molecule has 4 heterocycles. The Balaban J connectivity index is 1.46.